The highest BCUT2D eigenvalue weighted by Gasteiger charge is 2.28. The summed E-state index contributed by atoms with van der Waals surface area (Å²) in [5.41, 5.74) is 0.634. The molecule has 2 aliphatic rings. The van der Waals surface area contributed by atoms with E-state index in [0.29, 0.717) is 17.9 Å². The fraction of sp³-hybridized carbons (Fsp3) is 0.500. The summed E-state index contributed by atoms with van der Waals surface area (Å²) in [6.45, 7) is 0.600. The highest BCUT2D eigenvalue weighted by atomic mass is 79.9. The number of piperidine rings is 1. The number of Topliss-reactive ketones (excluding diaryl/α,β-unsaturated/α-hetero) is 1. The molecule has 1 saturated heterocycles. The van der Waals surface area contributed by atoms with Crippen molar-refractivity contribution in [1.82, 2.24) is 5.32 Å². The quantitative estimate of drug-likeness (QED) is 0.218. The van der Waals surface area contributed by atoms with Crippen LogP contribution < -0.4 is 10.1 Å². The molecule has 0 unspecified atom stereocenters. The van der Waals surface area contributed by atoms with E-state index in [1.165, 1.54) is 44.6 Å². The van der Waals surface area contributed by atoms with Crippen molar-refractivity contribution in [2.75, 3.05) is 6.61 Å². The Balaban J connectivity index is 1.59. The first-order chi connectivity index (χ1) is 13.5. The number of hydrogen-bond donors (Lipinski definition) is 1. The van der Waals surface area contributed by atoms with E-state index in [9.17, 15) is 14.4 Å². The van der Waals surface area contributed by atoms with Gasteiger partial charge in [0.2, 0.25) is 5.91 Å². The maximum Gasteiger partial charge on any atom is 0.261 e. The molecule has 1 heterocycles. The van der Waals surface area contributed by atoms with Crippen LogP contribution in [-0.2, 0) is 14.4 Å². The molecular weight excluding hydrogens is 422 g/mol. The van der Waals surface area contributed by atoms with Crippen LogP contribution >= 0.6 is 15.9 Å². The van der Waals surface area contributed by atoms with Gasteiger partial charge >= 0.3 is 0 Å². The van der Waals surface area contributed by atoms with Crippen molar-refractivity contribution in [2.45, 2.75) is 57.8 Å². The normalized spacial score (nSPS) is 19.8. The second kappa shape index (κ2) is 10.0. The second-order valence-electron chi connectivity index (χ2n) is 7.57. The zero-order valence-electron chi connectivity index (χ0n) is 16.0. The van der Waals surface area contributed by atoms with Crippen LogP contribution in [0.25, 0.3) is 6.08 Å². The summed E-state index contributed by atoms with van der Waals surface area (Å²) in [4.78, 5) is 35.4. The first kappa shape index (κ1) is 20.8. The Kier molecular flexibility index (Phi) is 7.43. The first-order valence-electron chi connectivity index (χ1n) is 10.0. The predicted molar refractivity (Wildman–Crippen MR) is 111 cm³/mol. The third kappa shape index (κ3) is 5.77. The topological polar surface area (TPSA) is 72.5 Å². The molecule has 0 radical (unpaired) electrons. The molecule has 0 aromatic heterocycles. The van der Waals surface area contributed by atoms with Gasteiger partial charge in [-0.15, -0.1) is 0 Å². The van der Waals surface area contributed by atoms with Crippen molar-refractivity contribution in [2.24, 2.45) is 5.92 Å². The second-order valence-corrected chi connectivity index (χ2v) is 8.48. The number of nitrogens with one attached hydrogen (secondary N) is 1. The molecule has 5 nitrogen and oxygen atoms in total. The van der Waals surface area contributed by atoms with Crippen molar-refractivity contribution in [3.05, 3.63) is 33.8 Å². The standard InChI is InChI=1S/C22H26BrNO4/c23-17-9-10-20(28-11-5-4-8-15-6-2-1-3-7-15)16(12-17)13-18-19(25)14-21(26)24-22(18)27/h9-10,12-13,15H,1-8,11,14H2,(H,24,26,27)/b18-13-. The van der Waals surface area contributed by atoms with Crippen LogP contribution in [0.4, 0.5) is 0 Å². The van der Waals surface area contributed by atoms with E-state index in [-0.39, 0.29) is 12.0 Å². The Hall–Kier alpha value is -1.95. The average molecular weight is 448 g/mol. The van der Waals surface area contributed by atoms with Gasteiger partial charge in [0, 0.05) is 10.0 Å². The number of benzene rings is 1. The predicted octanol–water partition coefficient (Wildman–Crippen LogP) is 4.58. The molecule has 150 valence electrons. The first-order valence-corrected chi connectivity index (χ1v) is 10.8. The lowest BCUT2D eigenvalue weighted by Crippen LogP contribution is -2.40. The van der Waals surface area contributed by atoms with Gasteiger partial charge in [-0.05, 0) is 43.0 Å². The number of hydrogen-bond acceptors (Lipinski definition) is 4. The van der Waals surface area contributed by atoms with Gasteiger partial charge < -0.3 is 4.74 Å². The molecule has 1 N–H and O–H groups in total. The number of unbranched alkanes of at least 4 members (excludes halogenated alkanes) is 1. The minimum atomic E-state index is -0.653. The van der Waals surface area contributed by atoms with Crippen LogP contribution in [0.3, 0.4) is 0 Å². The van der Waals surface area contributed by atoms with E-state index in [2.05, 4.69) is 21.2 Å². The molecule has 0 spiro atoms. The van der Waals surface area contributed by atoms with Gasteiger partial charge in [-0.25, -0.2) is 0 Å². The lowest BCUT2D eigenvalue weighted by Gasteiger charge is -2.21. The van der Waals surface area contributed by atoms with Gasteiger partial charge in [0.25, 0.3) is 5.91 Å². The Morgan fingerprint density at radius 1 is 1.11 bits per heavy atom. The van der Waals surface area contributed by atoms with Crippen molar-refractivity contribution >= 4 is 39.6 Å². The van der Waals surface area contributed by atoms with E-state index >= 15 is 0 Å². The Morgan fingerprint density at radius 3 is 2.64 bits per heavy atom. The summed E-state index contributed by atoms with van der Waals surface area (Å²) in [6.07, 6.45) is 11.5. The van der Waals surface area contributed by atoms with Crippen LogP contribution in [0.15, 0.2) is 28.2 Å². The van der Waals surface area contributed by atoms with Gasteiger partial charge in [-0.3, -0.25) is 19.7 Å². The number of halogens is 1. The van der Waals surface area contributed by atoms with Gasteiger partial charge in [-0.2, -0.15) is 0 Å². The molecule has 2 amide bonds. The summed E-state index contributed by atoms with van der Waals surface area (Å²) >= 11 is 3.41. The maximum atomic E-state index is 12.1. The van der Waals surface area contributed by atoms with Gasteiger partial charge in [0.1, 0.15) is 5.75 Å². The lowest BCUT2D eigenvalue weighted by molar-refractivity contribution is -0.134. The Labute approximate surface area is 174 Å². The fourth-order valence-electron chi connectivity index (χ4n) is 3.86. The number of imide groups is 1. The zero-order valence-corrected chi connectivity index (χ0v) is 17.6. The molecule has 6 heteroatoms. The number of carbonyl (C=O) groups excluding carboxylic acids is 3. The molecule has 0 atom stereocenters. The molecule has 28 heavy (non-hydrogen) atoms. The number of carbonyl (C=O) groups is 3. The van der Waals surface area contributed by atoms with Crippen LogP contribution in [0.5, 0.6) is 5.75 Å². The average Bonchev–Trinajstić information content (AvgIpc) is 2.66. The van der Waals surface area contributed by atoms with Crippen LogP contribution in [0.1, 0.15) is 63.4 Å². The molecule has 3 rings (SSSR count). The van der Waals surface area contributed by atoms with Crippen molar-refractivity contribution < 1.29 is 19.1 Å². The number of amides is 2. The summed E-state index contributed by atoms with van der Waals surface area (Å²) < 4.78 is 6.76. The number of ketones is 1. The van der Waals surface area contributed by atoms with Crippen molar-refractivity contribution in [3.63, 3.8) is 0 Å². The largest absolute Gasteiger partial charge is 0.493 e. The molecule has 1 saturated carbocycles. The van der Waals surface area contributed by atoms with Crippen LogP contribution in [-0.4, -0.2) is 24.2 Å². The molecule has 1 aromatic carbocycles. The van der Waals surface area contributed by atoms with Crippen LogP contribution in [0.2, 0.25) is 0 Å². The summed E-state index contributed by atoms with van der Waals surface area (Å²) in [5.74, 6) is -0.172. The van der Waals surface area contributed by atoms with Crippen molar-refractivity contribution in [1.29, 1.82) is 0 Å². The number of ether oxygens (including phenoxy) is 1. The van der Waals surface area contributed by atoms with E-state index in [0.717, 1.165) is 23.2 Å². The smallest absolute Gasteiger partial charge is 0.261 e. The minimum absolute atomic E-state index is 0.0140. The maximum absolute atomic E-state index is 12.1. The summed E-state index contributed by atoms with van der Waals surface area (Å²) in [7, 11) is 0. The van der Waals surface area contributed by atoms with E-state index in [4.69, 9.17) is 4.74 Å². The van der Waals surface area contributed by atoms with E-state index in [1.807, 2.05) is 12.1 Å². The fourth-order valence-corrected chi connectivity index (χ4v) is 4.24. The molecule has 2 fully saturated rings. The third-order valence-corrected chi connectivity index (χ3v) is 5.87. The minimum Gasteiger partial charge on any atom is -0.493 e. The van der Waals surface area contributed by atoms with Gasteiger partial charge in [0.05, 0.1) is 18.6 Å². The molecule has 1 aliphatic carbocycles. The third-order valence-electron chi connectivity index (χ3n) is 5.38. The van der Waals surface area contributed by atoms with Crippen LogP contribution in [0, 0.1) is 5.92 Å². The van der Waals surface area contributed by atoms with Gasteiger partial charge in [-0.1, -0.05) is 54.5 Å². The monoisotopic (exact) mass is 447 g/mol. The van der Waals surface area contributed by atoms with E-state index in [1.54, 1.807) is 6.07 Å². The molecular formula is C22H26BrNO4. The Morgan fingerprint density at radius 2 is 1.89 bits per heavy atom. The summed E-state index contributed by atoms with van der Waals surface area (Å²) in [5, 5.41) is 2.19. The molecule has 1 aliphatic heterocycles. The Bertz CT molecular complexity index is 759. The molecule has 1 aromatic rings. The molecule has 0 bridgehead atoms. The lowest BCUT2D eigenvalue weighted by atomic mass is 9.86. The zero-order chi connectivity index (χ0) is 19.9. The number of rotatable bonds is 7. The highest BCUT2D eigenvalue weighted by molar-refractivity contribution is 9.10. The SMILES string of the molecule is O=C1CC(=O)/C(=C/c2cc(Br)ccc2OCCCCC2CCCCC2)C(=O)N1. The van der Waals surface area contributed by atoms with E-state index < -0.39 is 17.6 Å². The van der Waals surface area contributed by atoms with Crippen molar-refractivity contribution in [3.8, 4) is 5.75 Å². The summed E-state index contributed by atoms with van der Waals surface area (Å²) in [6, 6.07) is 5.50. The highest BCUT2D eigenvalue weighted by Crippen LogP contribution is 2.29. The van der Waals surface area contributed by atoms with Gasteiger partial charge in [0.15, 0.2) is 5.78 Å².